The first-order valence-corrected chi connectivity index (χ1v) is 9.01. The smallest absolute Gasteiger partial charge is 0.129 e. The molecule has 0 saturated carbocycles. The first kappa shape index (κ1) is 14.7. The molecule has 0 saturated heterocycles. The molecule has 3 nitrogen and oxygen atoms in total. The van der Waals surface area contributed by atoms with Crippen LogP contribution in [0.25, 0.3) is 20.9 Å². The highest BCUT2D eigenvalue weighted by atomic mass is 79.9. The summed E-state index contributed by atoms with van der Waals surface area (Å²) >= 11 is 10.0. The number of thiophene rings is 2. The van der Waals surface area contributed by atoms with Gasteiger partial charge in [0.15, 0.2) is 0 Å². The van der Waals surface area contributed by atoms with E-state index in [9.17, 15) is 5.26 Å². The number of rotatable bonds is 2. The number of halogens is 2. The predicted octanol–water partition coefficient (Wildman–Crippen LogP) is 5.52. The van der Waals surface area contributed by atoms with E-state index in [1.807, 2.05) is 18.2 Å². The van der Waals surface area contributed by atoms with E-state index in [4.69, 9.17) is 5.73 Å². The number of nitrogen functional groups attached to an aromatic ring is 1. The molecule has 3 aromatic heterocycles. The van der Waals surface area contributed by atoms with E-state index in [0.717, 1.165) is 29.1 Å². The zero-order chi connectivity index (χ0) is 15.0. The molecule has 0 aliphatic rings. The summed E-state index contributed by atoms with van der Waals surface area (Å²) in [7, 11) is 0. The number of nitrogens with zero attached hydrogens (tertiary/aromatic N) is 2. The average molecular weight is 441 g/mol. The lowest BCUT2D eigenvalue weighted by Gasteiger charge is -2.03. The summed E-state index contributed by atoms with van der Waals surface area (Å²) in [5.74, 6) is 0. The van der Waals surface area contributed by atoms with Crippen LogP contribution in [0, 0.1) is 11.3 Å². The van der Waals surface area contributed by atoms with Crippen molar-refractivity contribution in [2.24, 2.45) is 0 Å². The maximum absolute atomic E-state index is 9.26. The minimum absolute atomic E-state index is 0.520. The van der Waals surface area contributed by atoms with Crippen LogP contribution in [0.2, 0.25) is 0 Å². The Balaban J connectivity index is 2.28. The third kappa shape index (κ3) is 2.64. The van der Waals surface area contributed by atoms with Crippen molar-refractivity contribution >= 4 is 60.2 Å². The average Bonchev–Trinajstić information content (AvgIpc) is 3.00. The molecule has 2 N–H and O–H groups in total. The molecule has 0 aliphatic heterocycles. The number of hydrogen-bond acceptors (Lipinski definition) is 5. The van der Waals surface area contributed by atoms with Crippen LogP contribution >= 0.6 is 54.5 Å². The van der Waals surface area contributed by atoms with Crippen molar-refractivity contribution in [3.63, 3.8) is 0 Å². The molecule has 0 spiro atoms. The number of nitrogens with two attached hydrogens (primary N) is 1. The predicted molar refractivity (Wildman–Crippen MR) is 95.4 cm³/mol. The Labute approximate surface area is 146 Å². The summed E-state index contributed by atoms with van der Waals surface area (Å²) < 4.78 is 2.00. The number of nitriles is 1. The van der Waals surface area contributed by atoms with Gasteiger partial charge >= 0.3 is 0 Å². The SMILES string of the molecule is N#Cc1sc(-c2cc(Br)c(Br)s2)c(-c2cccnc2)c1N. The summed E-state index contributed by atoms with van der Waals surface area (Å²) in [4.78, 5) is 6.73. The summed E-state index contributed by atoms with van der Waals surface area (Å²) in [6.45, 7) is 0. The lowest BCUT2D eigenvalue weighted by Crippen LogP contribution is -1.89. The quantitative estimate of drug-likeness (QED) is 0.570. The summed E-state index contributed by atoms with van der Waals surface area (Å²) in [5.41, 5.74) is 8.49. The Bertz CT molecular complexity index is 828. The van der Waals surface area contributed by atoms with Crippen LogP contribution in [0.5, 0.6) is 0 Å². The van der Waals surface area contributed by atoms with Gasteiger partial charge in [0.1, 0.15) is 10.9 Å². The van der Waals surface area contributed by atoms with Crippen LogP contribution in [-0.4, -0.2) is 4.98 Å². The van der Waals surface area contributed by atoms with Crippen molar-refractivity contribution < 1.29 is 0 Å². The molecule has 0 aliphatic carbocycles. The van der Waals surface area contributed by atoms with Gasteiger partial charge in [-0.3, -0.25) is 4.98 Å². The Morgan fingerprint density at radius 3 is 2.67 bits per heavy atom. The summed E-state index contributed by atoms with van der Waals surface area (Å²) in [6, 6.07) is 8.02. The maximum Gasteiger partial charge on any atom is 0.129 e. The van der Waals surface area contributed by atoms with Crippen LogP contribution in [0.3, 0.4) is 0 Å². The van der Waals surface area contributed by atoms with Gasteiger partial charge in [-0.05, 0) is 44.0 Å². The highest BCUT2D eigenvalue weighted by molar-refractivity contribution is 9.13. The van der Waals surface area contributed by atoms with Crippen LogP contribution in [0.15, 0.2) is 38.9 Å². The van der Waals surface area contributed by atoms with Gasteiger partial charge < -0.3 is 5.73 Å². The first-order valence-electron chi connectivity index (χ1n) is 5.79. The topological polar surface area (TPSA) is 62.7 Å². The molecular formula is C14H7Br2N3S2. The van der Waals surface area contributed by atoms with E-state index >= 15 is 0 Å². The normalized spacial score (nSPS) is 10.5. The van der Waals surface area contributed by atoms with E-state index in [0.29, 0.717) is 10.6 Å². The fourth-order valence-corrected chi connectivity index (χ4v) is 5.14. The van der Waals surface area contributed by atoms with E-state index in [2.05, 4.69) is 42.9 Å². The number of hydrogen-bond donors (Lipinski definition) is 1. The molecule has 0 aromatic carbocycles. The van der Waals surface area contributed by atoms with Crippen LogP contribution in [-0.2, 0) is 0 Å². The Morgan fingerprint density at radius 1 is 1.29 bits per heavy atom. The van der Waals surface area contributed by atoms with E-state index in [1.165, 1.54) is 11.3 Å². The first-order chi connectivity index (χ1) is 10.1. The van der Waals surface area contributed by atoms with Gasteiger partial charge in [0.25, 0.3) is 0 Å². The number of aromatic nitrogens is 1. The van der Waals surface area contributed by atoms with Crippen LogP contribution in [0.4, 0.5) is 5.69 Å². The van der Waals surface area contributed by atoms with Gasteiger partial charge in [-0.2, -0.15) is 5.26 Å². The second-order valence-electron chi connectivity index (χ2n) is 4.13. The monoisotopic (exact) mass is 439 g/mol. The Hall–Kier alpha value is -1.20. The maximum atomic E-state index is 9.26. The summed E-state index contributed by atoms with van der Waals surface area (Å²) in [6.07, 6.45) is 3.48. The molecule has 7 heteroatoms. The molecule has 0 unspecified atom stereocenters. The van der Waals surface area contributed by atoms with E-state index in [1.54, 1.807) is 23.7 Å². The molecule has 3 heterocycles. The second-order valence-corrected chi connectivity index (χ2v) is 8.38. The highest BCUT2D eigenvalue weighted by Crippen LogP contribution is 2.48. The number of anilines is 1. The van der Waals surface area contributed by atoms with Gasteiger partial charge in [0, 0.05) is 32.9 Å². The molecule has 0 fully saturated rings. The van der Waals surface area contributed by atoms with Crippen LogP contribution in [0.1, 0.15) is 4.88 Å². The van der Waals surface area contributed by atoms with Gasteiger partial charge in [-0.25, -0.2) is 0 Å². The standard InChI is InChI=1S/C14H7Br2N3S2/c15-8-4-9(21-14(8)16)13-11(7-2-1-3-19-6-7)12(18)10(5-17)20-13/h1-4,6H,18H2. The van der Waals surface area contributed by atoms with Crippen molar-refractivity contribution in [2.75, 3.05) is 5.73 Å². The molecule has 0 radical (unpaired) electrons. The lowest BCUT2D eigenvalue weighted by molar-refractivity contribution is 1.33. The molecular weight excluding hydrogens is 434 g/mol. The van der Waals surface area contributed by atoms with E-state index in [-0.39, 0.29) is 0 Å². The molecule has 3 rings (SSSR count). The van der Waals surface area contributed by atoms with Crippen molar-refractivity contribution in [1.82, 2.24) is 4.98 Å². The Kier molecular flexibility index (Phi) is 4.13. The van der Waals surface area contributed by atoms with Crippen LogP contribution < -0.4 is 5.73 Å². The van der Waals surface area contributed by atoms with Crippen molar-refractivity contribution in [1.29, 1.82) is 5.26 Å². The van der Waals surface area contributed by atoms with Gasteiger partial charge in [0.2, 0.25) is 0 Å². The van der Waals surface area contributed by atoms with Crippen molar-refractivity contribution in [3.8, 4) is 27.0 Å². The molecule has 0 amide bonds. The second kappa shape index (κ2) is 5.89. The van der Waals surface area contributed by atoms with Gasteiger partial charge in [-0.15, -0.1) is 22.7 Å². The lowest BCUT2D eigenvalue weighted by atomic mass is 10.1. The highest BCUT2D eigenvalue weighted by Gasteiger charge is 2.20. The fraction of sp³-hybridized carbons (Fsp3) is 0. The summed E-state index contributed by atoms with van der Waals surface area (Å²) in [5, 5.41) is 9.26. The zero-order valence-corrected chi connectivity index (χ0v) is 15.2. The zero-order valence-electron chi connectivity index (χ0n) is 10.4. The van der Waals surface area contributed by atoms with E-state index < -0.39 is 0 Å². The van der Waals surface area contributed by atoms with Crippen molar-refractivity contribution in [2.45, 2.75) is 0 Å². The minimum Gasteiger partial charge on any atom is -0.396 e. The Morgan fingerprint density at radius 2 is 2.10 bits per heavy atom. The number of pyridine rings is 1. The molecule has 0 atom stereocenters. The van der Waals surface area contributed by atoms with Gasteiger partial charge in [-0.1, -0.05) is 6.07 Å². The third-order valence-corrected chi connectivity index (χ3v) is 7.41. The molecule has 21 heavy (non-hydrogen) atoms. The third-order valence-electron chi connectivity index (χ3n) is 2.87. The molecule has 3 aromatic rings. The van der Waals surface area contributed by atoms with Gasteiger partial charge in [0.05, 0.1) is 14.4 Å². The largest absolute Gasteiger partial charge is 0.396 e. The van der Waals surface area contributed by atoms with Crippen molar-refractivity contribution in [3.05, 3.63) is 43.7 Å². The molecule has 0 bridgehead atoms. The minimum atomic E-state index is 0.520. The fourth-order valence-electron chi connectivity index (χ4n) is 1.96. The molecule has 104 valence electrons.